The molecule has 0 fully saturated rings. The zero-order chi connectivity index (χ0) is 15.2. The normalized spacial score (nSPS) is 12.1. The van der Waals surface area contributed by atoms with Gasteiger partial charge in [-0.25, -0.2) is 8.42 Å². The van der Waals surface area contributed by atoms with Gasteiger partial charge in [0.25, 0.3) is 0 Å². The van der Waals surface area contributed by atoms with Gasteiger partial charge >= 0.3 is 0 Å². The Morgan fingerprint density at radius 1 is 1.20 bits per heavy atom. The Labute approximate surface area is 127 Å². The monoisotopic (exact) mass is 318 g/mol. The molecule has 0 spiro atoms. The smallest absolute Gasteiger partial charge is 0.244 e. The van der Waals surface area contributed by atoms with Crippen molar-refractivity contribution in [3.63, 3.8) is 0 Å². The van der Waals surface area contributed by atoms with Gasteiger partial charge in [0.1, 0.15) is 4.90 Å². The minimum atomic E-state index is -3.51. The second-order valence-electron chi connectivity index (χ2n) is 4.53. The number of sulfonamides is 1. The number of rotatable bonds is 8. The number of nitrogens with zero attached hydrogens (tertiary/aromatic N) is 1. The number of halogens is 1. The van der Waals surface area contributed by atoms with Crippen LogP contribution in [0.5, 0.6) is 0 Å². The van der Waals surface area contributed by atoms with Crippen molar-refractivity contribution in [2.24, 2.45) is 0 Å². The minimum Gasteiger partial charge on any atom is -0.313 e. The Balaban J connectivity index is 3.07. The molecule has 0 radical (unpaired) electrons. The Morgan fingerprint density at radius 3 is 2.40 bits per heavy atom. The maximum Gasteiger partial charge on any atom is 0.244 e. The zero-order valence-corrected chi connectivity index (χ0v) is 13.9. The molecular formula is C14H23ClN2O2S. The van der Waals surface area contributed by atoms with E-state index in [4.69, 9.17) is 11.6 Å². The summed E-state index contributed by atoms with van der Waals surface area (Å²) in [6.45, 7) is 8.15. The summed E-state index contributed by atoms with van der Waals surface area (Å²) in [5, 5.41) is 3.53. The summed E-state index contributed by atoms with van der Waals surface area (Å²) < 4.78 is 26.5. The molecule has 1 N–H and O–H groups in total. The molecule has 0 aliphatic carbocycles. The first kappa shape index (κ1) is 17.4. The molecule has 0 saturated heterocycles. The van der Waals surface area contributed by atoms with Gasteiger partial charge < -0.3 is 5.32 Å². The van der Waals surface area contributed by atoms with Crippen molar-refractivity contribution in [2.75, 3.05) is 19.6 Å². The fourth-order valence-electron chi connectivity index (χ4n) is 1.97. The highest BCUT2D eigenvalue weighted by atomic mass is 35.5. The third-order valence-electron chi connectivity index (χ3n) is 3.07. The number of benzene rings is 1. The molecule has 4 nitrogen and oxygen atoms in total. The maximum absolute atomic E-state index is 12.5. The van der Waals surface area contributed by atoms with Gasteiger partial charge in [0.05, 0.1) is 5.02 Å². The molecule has 0 aromatic heterocycles. The van der Waals surface area contributed by atoms with Gasteiger partial charge in [-0.3, -0.25) is 0 Å². The van der Waals surface area contributed by atoms with E-state index in [9.17, 15) is 8.42 Å². The Hall–Kier alpha value is -0.620. The molecule has 6 heteroatoms. The SMILES string of the molecule is CCCNCc1ccc(Cl)c(S(=O)(=O)N(CC)CC)c1. The van der Waals surface area contributed by atoms with E-state index in [1.54, 1.807) is 12.1 Å². The van der Waals surface area contributed by atoms with Crippen molar-refractivity contribution < 1.29 is 8.42 Å². The summed E-state index contributed by atoms with van der Waals surface area (Å²) in [6.07, 6.45) is 1.04. The first-order chi connectivity index (χ1) is 9.47. The number of hydrogen-bond donors (Lipinski definition) is 1. The lowest BCUT2D eigenvalue weighted by Gasteiger charge is -2.19. The number of nitrogens with one attached hydrogen (secondary N) is 1. The highest BCUT2D eigenvalue weighted by Gasteiger charge is 2.24. The first-order valence-corrected chi connectivity index (χ1v) is 8.78. The molecule has 1 aromatic carbocycles. The first-order valence-electron chi connectivity index (χ1n) is 6.96. The van der Waals surface area contributed by atoms with Crippen LogP contribution >= 0.6 is 11.6 Å². The lowest BCUT2D eigenvalue weighted by Crippen LogP contribution is -2.31. The third kappa shape index (κ3) is 4.19. The molecule has 1 aromatic rings. The fourth-order valence-corrected chi connectivity index (χ4v) is 3.95. The maximum atomic E-state index is 12.5. The molecule has 0 heterocycles. The van der Waals surface area contributed by atoms with E-state index in [1.807, 2.05) is 19.9 Å². The summed E-state index contributed by atoms with van der Waals surface area (Å²) in [5.74, 6) is 0. The Morgan fingerprint density at radius 2 is 1.85 bits per heavy atom. The Bertz CT molecular complexity index is 528. The van der Waals surface area contributed by atoms with Crippen molar-refractivity contribution in [3.8, 4) is 0 Å². The lowest BCUT2D eigenvalue weighted by molar-refractivity contribution is 0.445. The van der Waals surface area contributed by atoms with Crippen LogP contribution in [-0.2, 0) is 16.6 Å². The largest absolute Gasteiger partial charge is 0.313 e. The quantitative estimate of drug-likeness (QED) is 0.750. The second kappa shape index (κ2) is 7.98. The predicted octanol–water partition coefficient (Wildman–Crippen LogP) is 2.87. The van der Waals surface area contributed by atoms with Crippen molar-refractivity contribution in [1.82, 2.24) is 9.62 Å². The molecule has 20 heavy (non-hydrogen) atoms. The van der Waals surface area contributed by atoms with Crippen LogP contribution in [0.2, 0.25) is 5.02 Å². The summed E-state index contributed by atoms with van der Waals surface area (Å²) in [7, 11) is -3.51. The molecule has 0 bridgehead atoms. The summed E-state index contributed by atoms with van der Waals surface area (Å²) >= 11 is 6.07. The van der Waals surface area contributed by atoms with E-state index >= 15 is 0 Å². The average molecular weight is 319 g/mol. The van der Waals surface area contributed by atoms with Crippen LogP contribution in [-0.4, -0.2) is 32.4 Å². The van der Waals surface area contributed by atoms with Crippen LogP contribution in [0.1, 0.15) is 32.8 Å². The average Bonchev–Trinajstić information content (AvgIpc) is 2.41. The van der Waals surface area contributed by atoms with E-state index in [2.05, 4.69) is 12.2 Å². The molecule has 114 valence electrons. The van der Waals surface area contributed by atoms with Crippen LogP contribution < -0.4 is 5.32 Å². The molecule has 1 rings (SSSR count). The van der Waals surface area contributed by atoms with E-state index in [-0.39, 0.29) is 9.92 Å². The van der Waals surface area contributed by atoms with E-state index in [1.165, 1.54) is 4.31 Å². The van der Waals surface area contributed by atoms with Gasteiger partial charge in [0.15, 0.2) is 0 Å². The van der Waals surface area contributed by atoms with E-state index < -0.39 is 10.0 Å². The van der Waals surface area contributed by atoms with Gasteiger partial charge in [0.2, 0.25) is 10.0 Å². The summed E-state index contributed by atoms with van der Waals surface area (Å²) in [4.78, 5) is 0.193. The molecule has 0 aliphatic heterocycles. The summed E-state index contributed by atoms with van der Waals surface area (Å²) in [5.41, 5.74) is 0.925. The van der Waals surface area contributed by atoms with Crippen LogP contribution in [0.4, 0.5) is 0 Å². The molecule has 0 aliphatic rings. The standard InChI is InChI=1S/C14H23ClN2O2S/c1-4-9-16-11-12-7-8-13(15)14(10-12)20(18,19)17(5-2)6-3/h7-8,10,16H,4-6,9,11H2,1-3H3. The van der Waals surface area contributed by atoms with E-state index in [0.717, 1.165) is 18.5 Å². The van der Waals surface area contributed by atoms with Gasteiger partial charge in [-0.15, -0.1) is 0 Å². The lowest BCUT2D eigenvalue weighted by atomic mass is 10.2. The number of hydrogen-bond acceptors (Lipinski definition) is 3. The zero-order valence-electron chi connectivity index (χ0n) is 12.3. The van der Waals surface area contributed by atoms with Gasteiger partial charge in [-0.1, -0.05) is 38.4 Å². The molecule has 0 atom stereocenters. The highest BCUT2D eigenvalue weighted by Crippen LogP contribution is 2.25. The molecular weight excluding hydrogens is 296 g/mol. The van der Waals surface area contributed by atoms with Crippen molar-refractivity contribution in [3.05, 3.63) is 28.8 Å². The summed E-state index contributed by atoms with van der Waals surface area (Å²) in [6, 6.07) is 5.17. The van der Waals surface area contributed by atoms with Crippen LogP contribution in [0.3, 0.4) is 0 Å². The van der Waals surface area contributed by atoms with E-state index in [0.29, 0.717) is 19.6 Å². The molecule has 0 amide bonds. The second-order valence-corrected chi connectivity index (χ2v) is 6.84. The van der Waals surface area contributed by atoms with Crippen LogP contribution in [0, 0.1) is 0 Å². The van der Waals surface area contributed by atoms with Crippen molar-refractivity contribution >= 4 is 21.6 Å². The fraction of sp³-hybridized carbons (Fsp3) is 0.571. The van der Waals surface area contributed by atoms with Gasteiger partial charge in [-0.05, 0) is 30.7 Å². The van der Waals surface area contributed by atoms with Gasteiger partial charge in [0, 0.05) is 19.6 Å². The van der Waals surface area contributed by atoms with Gasteiger partial charge in [-0.2, -0.15) is 4.31 Å². The Kier molecular flexibility index (Phi) is 6.95. The van der Waals surface area contributed by atoms with Crippen molar-refractivity contribution in [2.45, 2.75) is 38.6 Å². The molecule has 0 saturated carbocycles. The highest BCUT2D eigenvalue weighted by molar-refractivity contribution is 7.89. The third-order valence-corrected chi connectivity index (χ3v) is 5.61. The minimum absolute atomic E-state index is 0.193. The van der Waals surface area contributed by atoms with Crippen LogP contribution in [0.15, 0.2) is 23.1 Å². The van der Waals surface area contributed by atoms with Crippen LogP contribution in [0.25, 0.3) is 0 Å². The molecule has 0 unspecified atom stereocenters. The van der Waals surface area contributed by atoms with Crippen molar-refractivity contribution in [1.29, 1.82) is 0 Å². The topological polar surface area (TPSA) is 49.4 Å². The predicted molar refractivity (Wildman–Crippen MR) is 83.6 cm³/mol.